The van der Waals surface area contributed by atoms with Gasteiger partial charge < -0.3 is 20.1 Å². The molecule has 2 atom stereocenters. The second kappa shape index (κ2) is 5.60. The van der Waals surface area contributed by atoms with Crippen LogP contribution in [0.15, 0.2) is 42.5 Å². The number of hydrogen-bond acceptors (Lipinski definition) is 3. The van der Waals surface area contributed by atoms with Crippen LogP contribution < -0.4 is 0 Å². The summed E-state index contributed by atoms with van der Waals surface area (Å²) in [5.41, 5.74) is 4.66. The van der Waals surface area contributed by atoms with Gasteiger partial charge in [0.1, 0.15) is 5.75 Å². The van der Waals surface area contributed by atoms with Gasteiger partial charge in [0, 0.05) is 41.4 Å². The molecule has 1 aromatic heterocycles. The molecule has 1 saturated heterocycles. The van der Waals surface area contributed by atoms with Crippen LogP contribution in [0.4, 0.5) is 0 Å². The second-order valence-corrected chi connectivity index (χ2v) is 8.64. The summed E-state index contributed by atoms with van der Waals surface area (Å²) < 4.78 is 0. The maximum Gasteiger partial charge on any atom is 0.115 e. The molecule has 1 aliphatic carbocycles. The molecule has 4 nitrogen and oxygen atoms in total. The van der Waals surface area contributed by atoms with Crippen molar-refractivity contribution in [1.29, 1.82) is 0 Å². The number of fused-ring (bicyclic) bond motifs is 4. The third-order valence-electron chi connectivity index (χ3n) is 6.84. The predicted octanol–water partition coefficient (Wildman–Crippen LogP) is 3.29. The van der Waals surface area contributed by atoms with Gasteiger partial charge in [0.25, 0.3) is 0 Å². The number of aryl methyl sites for hydroxylation is 1. The van der Waals surface area contributed by atoms with Gasteiger partial charge in [-0.2, -0.15) is 0 Å². The molecule has 27 heavy (non-hydrogen) atoms. The Bertz CT molecular complexity index is 1040. The molecule has 4 heteroatoms. The number of hydrogen-bond donors (Lipinski definition) is 3. The van der Waals surface area contributed by atoms with Crippen molar-refractivity contribution in [3.63, 3.8) is 0 Å². The van der Waals surface area contributed by atoms with Crippen LogP contribution in [0.5, 0.6) is 5.75 Å². The minimum absolute atomic E-state index is 0.265. The zero-order chi connectivity index (χ0) is 18.8. The standard InChI is InChI=1S/C23H26N2O2/c1-15-6-7-20-18(10-15)19-12-23(27)14-25(2)9-8-22(23,13-21(19)24-20)16-4-3-5-17(26)11-16/h3-7,10-11,24,26-27H,8-9,12-14H2,1-2H3/t22-,23-/m0/s1. The zero-order valence-electron chi connectivity index (χ0n) is 15.9. The van der Waals surface area contributed by atoms with Gasteiger partial charge in [0.05, 0.1) is 5.60 Å². The summed E-state index contributed by atoms with van der Waals surface area (Å²) in [7, 11) is 2.08. The van der Waals surface area contributed by atoms with E-state index in [1.54, 1.807) is 6.07 Å². The number of likely N-dealkylation sites (tertiary alicyclic amines) is 1. The smallest absolute Gasteiger partial charge is 0.115 e. The van der Waals surface area contributed by atoms with Crippen LogP contribution in [0.2, 0.25) is 0 Å². The first kappa shape index (κ1) is 16.8. The van der Waals surface area contributed by atoms with Gasteiger partial charge >= 0.3 is 0 Å². The molecule has 0 bridgehead atoms. The summed E-state index contributed by atoms with van der Waals surface area (Å²) in [5.74, 6) is 0.265. The van der Waals surface area contributed by atoms with Gasteiger partial charge in [-0.05, 0) is 62.3 Å². The Hall–Kier alpha value is -2.30. The normalized spacial score (nSPS) is 28.1. The maximum absolute atomic E-state index is 12.0. The van der Waals surface area contributed by atoms with Crippen LogP contribution in [0.25, 0.3) is 10.9 Å². The summed E-state index contributed by atoms with van der Waals surface area (Å²) in [4.78, 5) is 5.85. The minimum Gasteiger partial charge on any atom is -0.508 e. The Kier molecular flexibility index (Phi) is 3.49. The largest absolute Gasteiger partial charge is 0.508 e. The molecule has 0 unspecified atom stereocenters. The quantitative estimate of drug-likeness (QED) is 0.623. The summed E-state index contributed by atoms with van der Waals surface area (Å²) >= 11 is 0. The monoisotopic (exact) mass is 362 g/mol. The Balaban J connectivity index is 1.73. The molecule has 140 valence electrons. The third-order valence-corrected chi connectivity index (χ3v) is 6.84. The second-order valence-electron chi connectivity index (χ2n) is 8.64. The van der Waals surface area contributed by atoms with Crippen molar-refractivity contribution in [1.82, 2.24) is 9.88 Å². The molecular weight excluding hydrogens is 336 g/mol. The summed E-state index contributed by atoms with van der Waals surface area (Å²) in [6.45, 7) is 3.69. The van der Waals surface area contributed by atoms with Crippen LogP contribution in [0.1, 0.15) is 28.8 Å². The molecule has 2 aromatic carbocycles. The molecule has 0 spiro atoms. The number of nitrogens with one attached hydrogen (secondary N) is 1. The molecule has 0 radical (unpaired) electrons. The van der Waals surface area contributed by atoms with Crippen molar-refractivity contribution in [3.05, 3.63) is 64.8 Å². The predicted molar refractivity (Wildman–Crippen MR) is 107 cm³/mol. The fourth-order valence-corrected chi connectivity index (χ4v) is 5.45. The van der Waals surface area contributed by atoms with E-state index >= 15 is 0 Å². The Labute approximate surface area is 159 Å². The molecule has 0 amide bonds. The Morgan fingerprint density at radius 3 is 2.78 bits per heavy atom. The fourth-order valence-electron chi connectivity index (χ4n) is 5.45. The zero-order valence-corrected chi connectivity index (χ0v) is 15.9. The first-order valence-electron chi connectivity index (χ1n) is 9.71. The number of rotatable bonds is 1. The van der Waals surface area contributed by atoms with Gasteiger partial charge in [-0.15, -0.1) is 0 Å². The van der Waals surface area contributed by atoms with Gasteiger partial charge in [-0.1, -0.05) is 23.8 Å². The lowest BCUT2D eigenvalue weighted by Crippen LogP contribution is -2.65. The van der Waals surface area contributed by atoms with E-state index in [1.807, 2.05) is 12.1 Å². The van der Waals surface area contributed by atoms with E-state index in [0.29, 0.717) is 13.0 Å². The molecule has 3 aromatic rings. The van der Waals surface area contributed by atoms with Gasteiger partial charge in [-0.3, -0.25) is 0 Å². The average Bonchev–Trinajstić information content (AvgIpc) is 2.95. The van der Waals surface area contributed by atoms with Crippen LogP contribution in [-0.2, 0) is 18.3 Å². The fraction of sp³-hybridized carbons (Fsp3) is 0.391. The lowest BCUT2D eigenvalue weighted by molar-refractivity contribution is -0.0972. The van der Waals surface area contributed by atoms with E-state index in [1.165, 1.54) is 22.2 Å². The van der Waals surface area contributed by atoms with Gasteiger partial charge in [0.15, 0.2) is 0 Å². The van der Waals surface area contributed by atoms with Crippen molar-refractivity contribution in [2.24, 2.45) is 0 Å². The molecule has 3 N–H and O–H groups in total. The van der Waals surface area contributed by atoms with E-state index in [-0.39, 0.29) is 11.2 Å². The van der Waals surface area contributed by atoms with Gasteiger partial charge in [-0.25, -0.2) is 0 Å². The first-order chi connectivity index (χ1) is 12.9. The number of phenols is 1. The van der Waals surface area contributed by atoms with Crippen LogP contribution in [0.3, 0.4) is 0 Å². The van der Waals surface area contributed by atoms with E-state index in [9.17, 15) is 10.2 Å². The minimum atomic E-state index is -0.861. The molecule has 2 aliphatic rings. The van der Waals surface area contributed by atoms with Crippen LogP contribution in [0, 0.1) is 6.92 Å². The van der Waals surface area contributed by atoms with Crippen molar-refractivity contribution < 1.29 is 10.2 Å². The highest BCUT2D eigenvalue weighted by atomic mass is 16.3. The van der Waals surface area contributed by atoms with Crippen molar-refractivity contribution in [2.45, 2.75) is 37.2 Å². The number of aromatic amines is 1. The number of phenolic OH excluding ortho intramolecular Hbond substituents is 1. The Morgan fingerprint density at radius 1 is 1.11 bits per heavy atom. The number of β-amino-alcohol motifs (C(OH)–C–C–N with tert-alkyl or cyclic N) is 1. The van der Waals surface area contributed by atoms with Crippen LogP contribution in [-0.4, -0.2) is 45.8 Å². The third kappa shape index (κ3) is 2.36. The number of benzene rings is 2. The Morgan fingerprint density at radius 2 is 1.96 bits per heavy atom. The summed E-state index contributed by atoms with van der Waals surface area (Å²) in [6.07, 6.45) is 2.27. The SMILES string of the molecule is Cc1ccc2[nH]c3c(c2c1)C[C@]1(O)CN(C)CC[C@@]1(c1cccc(O)c1)C3. The van der Waals surface area contributed by atoms with E-state index in [0.717, 1.165) is 30.5 Å². The van der Waals surface area contributed by atoms with Crippen molar-refractivity contribution in [2.75, 3.05) is 20.1 Å². The average molecular weight is 362 g/mol. The first-order valence-corrected chi connectivity index (χ1v) is 9.71. The van der Waals surface area contributed by atoms with E-state index in [2.05, 4.69) is 48.1 Å². The number of H-pyrrole nitrogens is 1. The maximum atomic E-state index is 12.0. The molecule has 5 rings (SSSR count). The number of likely N-dealkylation sites (N-methyl/N-ethyl adjacent to an activating group) is 1. The highest BCUT2D eigenvalue weighted by Crippen LogP contribution is 2.51. The molecular formula is C23H26N2O2. The lowest BCUT2D eigenvalue weighted by atomic mass is 9.56. The summed E-state index contributed by atoms with van der Waals surface area (Å²) in [6, 6.07) is 14.0. The van der Waals surface area contributed by atoms with Crippen LogP contribution >= 0.6 is 0 Å². The van der Waals surface area contributed by atoms with E-state index < -0.39 is 5.60 Å². The van der Waals surface area contributed by atoms with Crippen molar-refractivity contribution in [3.8, 4) is 5.75 Å². The molecule has 0 saturated carbocycles. The summed E-state index contributed by atoms with van der Waals surface area (Å²) in [5, 5.41) is 23.4. The number of aliphatic hydroxyl groups is 1. The number of nitrogens with zero attached hydrogens (tertiary/aromatic N) is 1. The molecule has 1 aliphatic heterocycles. The number of piperidine rings is 1. The molecule has 2 heterocycles. The van der Waals surface area contributed by atoms with Crippen molar-refractivity contribution >= 4 is 10.9 Å². The molecule has 1 fully saturated rings. The highest BCUT2D eigenvalue weighted by molar-refractivity contribution is 5.86. The highest BCUT2D eigenvalue weighted by Gasteiger charge is 2.57. The van der Waals surface area contributed by atoms with E-state index in [4.69, 9.17) is 0 Å². The number of aromatic hydroxyl groups is 1. The number of aromatic nitrogens is 1. The van der Waals surface area contributed by atoms with Gasteiger partial charge in [0.2, 0.25) is 0 Å². The lowest BCUT2D eigenvalue weighted by Gasteiger charge is -2.55. The topological polar surface area (TPSA) is 59.5 Å².